The zero-order chi connectivity index (χ0) is 17.1. The fraction of sp³-hybridized carbons (Fsp3) is 0.350. The summed E-state index contributed by atoms with van der Waals surface area (Å²) in [4.78, 5) is 26.6. The van der Waals surface area contributed by atoms with E-state index in [4.69, 9.17) is 0 Å². The van der Waals surface area contributed by atoms with Gasteiger partial charge in [0.1, 0.15) is 0 Å². The topological polar surface area (TPSA) is 61.9 Å². The number of hydrogen-bond acceptors (Lipinski definition) is 3. The molecule has 0 aliphatic carbocycles. The van der Waals surface area contributed by atoms with Crippen LogP contribution in [0, 0.1) is 0 Å². The second kappa shape index (κ2) is 7.05. The van der Waals surface area contributed by atoms with Crippen LogP contribution in [0.4, 0.5) is 0 Å². The van der Waals surface area contributed by atoms with E-state index >= 15 is 0 Å². The molecule has 1 aliphatic heterocycles. The van der Waals surface area contributed by atoms with Crippen molar-refractivity contribution in [3.05, 3.63) is 60.2 Å². The average Bonchev–Trinajstić information content (AvgIpc) is 3.11. The molecule has 3 aromatic rings. The first-order valence-corrected chi connectivity index (χ1v) is 8.91. The summed E-state index contributed by atoms with van der Waals surface area (Å²) >= 11 is 0. The molecule has 1 saturated heterocycles. The van der Waals surface area contributed by atoms with Crippen molar-refractivity contribution in [1.82, 2.24) is 19.9 Å². The maximum Gasteiger partial charge on any atom is 0.222 e. The van der Waals surface area contributed by atoms with Crippen molar-refractivity contribution in [3.8, 4) is 0 Å². The van der Waals surface area contributed by atoms with Crippen molar-refractivity contribution in [3.63, 3.8) is 0 Å². The Bertz CT molecular complexity index is 850. The predicted molar refractivity (Wildman–Crippen MR) is 97.2 cm³/mol. The third-order valence-electron chi connectivity index (χ3n) is 5.07. The van der Waals surface area contributed by atoms with Gasteiger partial charge in [0.05, 0.1) is 11.0 Å². The number of pyridine rings is 2. The van der Waals surface area contributed by atoms with Gasteiger partial charge in [0.25, 0.3) is 0 Å². The van der Waals surface area contributed by atoms with Gasteiger partial charge >= 0.3 is 0 Å². The molecule has 128 valence electrons. The molecule has 5 nitrogen and oxygen atoms in total. The lowest BCUT2D eigenvalue weighted by molar-refractivity contribution is -0.132. The van der Waals surface area contributed by atoms with Crippen LogP contribution in [-0.4, -0.2) is 38.8 Å². The maximum atomic E-state index is 12.5. The van der Waals surface area contributed by atoms with Crippen molar-refractivity contribution in [2.24, 2.45) is 0 Å². The number of aromatic amines is 1. The number of piperidine rings is 1. The van der Waals surface area contributed by atoms with Crippen molar-refractivity contribution in [2.75, 3.05) is 13.1 Å². The molecule has 25 heavy (non-hydrogen) atoms. The van der Waals surface area contributed by atoms with Crippen LogP contribution >= 0.6 is 0 Å². The molecule has 0 bridgehead atoms. The van der Waals surface area contributed by atoms with E-state index in [9.17, 15) is 4.79 Å². The summed E-state index contributed by atoms with van der Waals surface area (Å²) in [7, 11) is 0. The summed E-state index contributed by atoms with van der Waals surface area (Å²) in [6, 6.07) is 9.85. The Balaban J connectivity index is 1.34. The van der Waals surface area contributed by atoms with Crippen LogP contribution in [0.3, 0.4) is 0 Å². The molecule has 1 amide bonds. The highest BCUT2D eigenvalue weighted by Gasteiger charge is 2.25. The Morgan fingerprint density at radius 1 is 1.12 bits per heavy atom. The Morgan fingerprint density at radius 2 is 1.96 bits per heavy atom. The number of aryl methyl sites for hydroxylation is 1. The first-order chi connectivity index (χ1) is 12.3. The fourth-order valence-corrected chi connectivity index (χ4v) is 3.67. The molecule has 3 aromatic heterocycles. The Kier molecular flexibility index (Phi) is 4.46. The summed E-state index contributed by atoms with van der Waals surface area (Å²) < 4.78 is 0. The average molecular weight is 334 g/mol. The number of amides is 1. The Labute approximate surface area is 147 Å². The van der Waals surface area contributed by atoms with Crippen LogP contribution in [0.2, 0.25) is 0 Å². The van der Waals surface area contributed by atoms with Crippen molar-refractivity contribution in [1.29, 1.82) is 0 Å². The highest BCUT2D eigenvalue weighted by atomic mass is 16.2. The fourth-order valence-electron chi connectivity index (χ4n) is 3.67. The highest BCUT2D eigenvalue weighted by molar-refractivity contribution is 5.79. The molecule has 1 N–H and O–H groups in total. The molecular formula is C20H22N4O. The number of nitrogens with one attached hydrogen (secondary N) is 1. The lowest BCUT2D eigenvalue weighted by atomic mass is 9.90. The van der Waals surface area contributed by atoms with E-state index in [2.05, 4.69) is 27.2 Å². The molecule has 0 radical (unpaired) electrons. The van der Waals surface area contributed by atoms with Gasteiger partial charge in [0.2, 0.25) is 5.91 Å². The van der Waals surface area contributed by atoms with Gasteiger partial charge in [0, 0.05) is 43.8 Å². The van der Waals surface area contributed by atoms with E-state index in [1.165, 1.54) is 5.56 Å². The standard InChI is InChI=1S/C20H22N4O/c25-19(7-6-16-4-1-2-10-21-16)24-12-8-15(9-13-24)17-14-23-18-5-3-11-22-20(17)18/h1-5,10-11,14-15,23H,6-9,12-13H2. The van der Waals surface area contributed by atoms with Crippen LogP contribution < -0.4 is 0 Å². The second-order valence-corrected chi connectivity index (χ2v) is 6.62. The van der Waals surface area contributed by atoms with Crippen LogP contribution in [0.5, 0.6) is 0 Å². The van der Waals surface area contributed by atoms with E-state index < -0.39 is 0 Å². The molecule has 4 heterocycles. The molecule has 4 rings (SSSR count). The van der Waals surface area contributed by atoms with E-state index in [0.717, 1.165) is 42.7 Å². The zero-order valence-corrected chi connectivity index (χ0v) is 14.2. The second-order valence-electron chi connectivity index (χ2n) is 6.62. The predicted octanol–water partition coefficient (Wildman–Crippen LogP) is 3.30. The third kappa shape index (κ3) is 3.40. The molecule has 0 unspecified atom stereocenters. The number of likely N-dealkylation sites (tertiary alicyclic amines) is 1. The molecular weight excluding hydrogens is 312 g/mol. The van der Waals surface area contributed by atoms with Crippen LogP contribution in [0.15, 0.2) is 48.9 Å². The SMILES string of the molecule is O=C(CCc1ccccn1)N1CCC(c2c[nH]c3cccnc23)CC1. The summed E-state index contributed by atoms with van der Waals surface area (Å²) in [6.07, 6.45) is 8.96. The molecule has 0 atom stereocenters. The summed E-state index contributed by atoms with van der Waals surface area (Å²) in [5, 5.41) is 0. The monoisotopic (exact) mass is 334 g/mol. The number of carbonyl (C=O) groups is 1. The lowest BCUT2D eigenvalue weighted by Crippen LogP contribution is -2.38. The van der Waals surface area contributed by atoms with Crippen LogP contribution in [0.1, 0.15) is 36.4 Å². The minimum absolute atomic E-state index is 0.237. The van der Waals surface area contributed by atoms with Gasteiger partial charge in [-0.15, -0.1) is 0 Å². The summed E-state index contributed by atoms with van der Waals surface area (Å²) in [5.41, 5.74) is 4.43. The number of rotatable bonds is 4. The molecule has 0 spiro atoms. The lowest BCUT2D eigenvalue weighted by Gasteiger charge is -2.32. The Morgan fingerprint density at radius 3 is 2.76 bits per heavy atom. The number of carbonyl (C=O) groups excluding carboxylic acids is 1. The van der Waals surface area contributed by atoms with Gasteiger partial charge in [-0.05, 0) is 55.0 Å². The molecule has 5 heteroatoms. The number of aromatic nitrogens is 3. The minimum Gasteiger partial charge on any atom is -0.360 e. The normalized spacial score (nSPS) is 15.6. The maximum absolute atomic E-state index is 12.5. The van der Waals surface area contributed by atoms with E-state index in [-0.39, 0.29) is 5.91 Å². The van der Waals surface area contributed by atoms with Gasteiger partial charge in [0.15, 0.2) is 0 Å². The van der Waals surface area contributed by atoms with Crippen molar-refractivity contribution >= 4 is 16.9 Å². The van der Waals surface area contributed by atoms with E-state index in [1.807, 2.05) is 35.4 Å². The van der Waals surface area contributed by atoms with Crippen molar-refractivity contribution in [2.45, 2.75) is 31.6 Å². The first kappa shape index (κ1) is 15.8. The van der Waals surface area contributed by atoms with Gasteiger partial charge in [-0.1, -0.05) is 6.07 Å². The molecule has 0 saturated carbocycles. The summed E-state index contributed by atoms with van der Waals surface area (Å²) in [5.74, 6) is 0.713. The smallest absolute Gasteiger partial charge is 0.222 e. The van der Waals surface area contributed by atoms with Crippen LogP contribution in [0.25, 0.3) is 11.0 Å². The molecule has 1 fully saturated rings. The minimum atomic E-state index is 0.237. The third-order valence-corrected chi connectivity index (χ3v) is 5.07. The molecule has 0 aromatic carbocycles. The number of hydrogen-bond donors (Lipinski definition) is 1. The molecule has 1 aliphatic rings. The van der Waals surface area contributed by atoms with Gasteiger partial charge in [-0.25, -0.2) is 0 Å². The quantitative estimate of drug-likeness (QED) is 0.796. The van der Waals surface area contributed by atoms with E-state index in [1.54, 1.807) is 6.20 Å². The number of H-pyrrole nitrogens is 1. The largest absolute Gasteiger partial charge is 0.360 e. The zero-order valence-electron chi connectivity index (χ0n) is 14.2. The first-order valence-electron chi connectivity index (χ1n) is 8.91. The van der Waals surface area contributed by atoms with Gasteiger partial charge < -0.3 is 9.88 Å². The van der Waals surface area contributed by atoms with Gasteiger partial charge in [-0.3, -0.25) is 14.8 Å². The van der Waals surface area contributed by atoms with Crippen LogP contribution in [-0.2, 0) is 11.2 Å². The summed E-state index contributed by atoms with van der Waals surface area (Å²) in [6.45, 7) is 1.65. The van der Waals surface area contributed by atoms with E-state index in [0.29, 0.717) is 18.8 Å². The highest BCUT2D eigenvalue weighted by Crippen LogP contribution is 2.32. The number of fused-ring (bicyclic) bond motifs is 1. The van der Waals surface area contributed by atoms with Gasteiger partial charge in [-0.2, -0.15) is 0 Å². The Hall–Kier alpha value is -2.69. The van der Waals surface area contributed by atoms with Crippen molar-refractivity contribution < 1.29 is 4.79 Å². The number of nitrogens with zero attached hydrogens (tertiary/aromatic N) is 3.